The second kappa shape index (κ2) is 7.53. The number of hydrogen-bond donors (Lipinski definition) is 0. The van der Waals surface area contributed by atoms with Crippen LogP contribution >= 0.6 is 15.9 Å². The van der Waals surface area contributed by atoms with Gasteiger partial charge in [-0.05, 0) is 37.1 Å². The maximum atomic E-state index is 12.0. The van der Waals surface area contributed by atoms with Gasteiger partial charge in [-0.25, -0.2) is 0 Å². The molecule has 3 nitrogen and oxygen atoms in total. The molecule has 1 aromatic rings. The lowest BCUT2D eigenvalue weighted by atomic mass is 10.2. The van der Waals surface area contributed by atoms with Crippen LogP contribution in [0, 0.1) is 0 Å². The van der Waals surface area contributed by atoms with Gasteiger partial charge >= 0.3 is 0 Å². The Labute approximate surface area is 123 Å². The highest BCUT2D eigenvalue weighted by molar-refractivity contribution is 9.10. The molecule has 0 aliphatic carbocycles. The summed E-state index contributed by atoms with van der Waals surface area (Å²) in [6.07, 6.45) is 5.24. The molecular weight excluding hydrogens is 306 g/mol. The maximum Gasteiger partial charge on any atom is 0.225 e. The summed E-state index contributed by atoms with van der Waals surface area (Å²) in [7, 11) is 0. The van der Waals surface area contributed by atoms with Crippen LogP contribution in [0.25, 0.3) is 0 Å². The van der Waals surface area contributed by atoms with E-state index in [2.05, 4.69) is 15.9 Å². The molecule has 0 atom stereocenters. The zero-order valence-corrected chi connectivity index (χ0v) is 12.7. The molecular formula is C15H20BrNO2. The third kappa shape index (κ3) is 4.86. The molecule has 4 heteroatoms. The van der Waals surface area contributed by atoms with Crippen molar-refractivity contribution in [1.82, 2.24) is 4.90 Å². The van der Waals surface area contributed by atoms with Crippen LogP contribution in [0.5, 0.6) is 5.75 Å². The zero-order valence-electron chi connectivity index (χ0n) is 11.1. The van der Waals surface area contributed by atoms with Crippen molar-refractivity contribution >= 4 is 21.8 Å². The molecule has 0 radical (unpaired) electrons. The molecule has 1 saturated heterocycles. The van der Waals surface area contributed by atoms with Crippen molar-refractivity contribution in [2.24, 2.45) is 0 Å². The number of likely N-dealkylation sites (tertiary alicyclic amines) is 1. The Kier molecular flexibility index (Phi) is 5.70. The second-order valence-electron chi connectivity index (χ2n) is 4.85. The molecule has 0 aromatic heterocycles. The quantitative estimate of drug-likeness (QED) is 0.846. The van der Waals surface area contributed by atoms with Gasteiger partial charge in [0, 0.05) is 17.6 Å². The number of carbonyl (C=O) groups excluding carboxylic acids is 1. The fraction of sp³-hybridized carbons (Fsp3) is 0.533. The summed E-state index contributed by atoms with van der Waals surface area (Å²) in [4.78, 5) is 14.0. The summed E-state index contributed by atoms with van der Waals surface area (Å²) in [6.45, 7) is 2.28. The summed E-state index contributed by atoms with van der Waals surface area (Å²) >= 11 is 3.38. The monoisotopic (exact) mass is 325 g/mol. The van der Waals surface area contributed by atoms with Crippen molar-refractivity contribution in [1.29, 1.82) is 0 Å². The minimum absolute atomic E-state index is 0.221. The van der Waals surface area contributed by atoms with Gasteiger partial charge in [-0.15, -0.1) is 0 Å². The Hall–Kier alpha value is -1.03. The average Bonchev–Trinajstić information content (AvgIpc) is 2.70. The first-order chi connectivity index (χ1) is 9.25. The van der Waals surface area contributed by atoms with E-state index < -0.39 is 0 Å². The third-order valence-electron chi connectivity index (χ3n) is 3.36. The molecule has 0 N–H and O–H groups in total. The van der Waals surface area contributed by atoms with E-state index in [4.69, 9.17) is 4.74 Å². The molecule has 19 heavy (non-hydrogen) atoms. The van der Waals surface area contributed by atoms with Crippen molar-refractivity contribution in [2.75, 3.05) is 19.7 Å². The highest BCUT2D eigenvalue weighted by Crippen LogP contribution is 2.16. The van der Waals surface area contributed by atoms with Crippen LogP contribution in [0.1, 0.15) is 32.1 Å². The van der Waals surface area contributed by atoms with Crippen LogP contribution in [0.4, 0.5) is 0 Å². The molecule has 1 amide bonds. The van der Waals surface area contributed by atoms with Gasteiger partial charge in [0.1, 0.15) is 5.75 Å². The lowest BCUT2D eigenvalue weighted by molar-refractivity contribution is -0.131. The zero-order chi connectivity index (χ0) is 13.5. The number of benzene rings is 1. The smallest absolute Gasteiger partial charge is 0.225 e. The number of amides is 1. The van der Waals surface area contributed by atoms with Crippen molar-refractivity contribution in [3.63, 3.8) is 0 Å². The van der Waals surface area contributed by atoms with E-state index in [1.54, 1.807) is 0 Å². The van der Waals surface area contributed by atoms with E-state index in [-0.39, 0.29) is 5.91 Å². The first-order valence-corrected chi connectivity index (χ1v) is 7.71. The largest absolute Gasteiger partial charge is 0.493 e. The molecule has 104 valence electrons. The Bertz CT molecular complexity index is 397. The normalized spacial score (nSPS) is 15.9. The number of carbonyl (C=O) groups is 1. The van der Waals surface area contributed by atoms with Crippen LogP contribution in [0.3, 0.4) is 0 Å². The average molecular weight is 326 g/mol. The number of nitrogens with zero attached hydrogens (tertiary/aromatic N) is 1. The van der Waals surface area contributed by atoms with E-state index in [1.807, 2.05) is 29.2 Å². The number of ether oxygens (including phenoxy) is 1. The standard InChI is InChI=1S/C15H20BrNO2/c16-13-5-7-14(8-6-13)19-12-9-15(18)17-10-3-1-2-4-11-17/h5-8H,1-4,9-12H2. The first-order valence-electron chi connectivity index (χ1n) is 6.92. The molecule has 1 aliphatic heterocycles. The molecule has 1 heterocycles. The molecule has 0 unspecified atom stereocenters. The van der Waals surface area contributed by atoms with Gasteiger partial charge in [0.2, 0.25) is 5.91 Å². The molecule has 0 bridgehead atoms. The number of halogens is 1. The van der Waals surface area contributed by atoms with E-state index in [0.29, 0.717) is 13.0 Å². The van der Waals surface area contributed by atoms with Crippen molar-refractivity contribution in [3.05, 3.63) is 28.7 Å². The Morgan fingerprint density at radius 3 is 2.37 bits per heavy atom. The van der Waals surface area contributed by atoms with Crippen molar-refractivity contribution < 1.29 is 9.53 Å². The highest BCUT2D eigenvalue weighted by atomic mass is 79.9. The Morgan fingerprint density at radius 1 is 1.11 bits per heavy atom. The van der Waals surface area contributed by atoms with Gasteiger partial charge in [0.05, 0.1) is 13.0 Å². The van der Waals surface area contributed by atoms with Crippen LogP contribution in [-0.2, 0) is 4.79 Å². The van der Waals surface area contributed by atoms with Crippen LogP contribution in [0.2, 0.25) is 0 Å². The number of hydrogen-bond acceptors (Lipinski definition) is 2. The minimum Gasteiger partial charge on any atom is -0.493 e. The van der Waals surface area contributed by atoms with Gasteiger partial charge in [-0.2, -0.15) is 0 Å². The maximum absolute atomic E-state index is 12.0. The van der Waals surface area contributed by atoms with Gasteiger partial charge in [0.25, 0.3) is 0 Å². The van der Waals surface area contributed by atoms with Gasteiger partial charge < -0.3 is 9.64 Å². The first kappa shape index (κ1) is 14.4. The molecule has 0 saturated carbocycles. The summed E-state index contributed by atoms with van der Waals surface area (Å²) < 4.78 is 6.61. The second-order valence-corrected chi connectivity index (χ2v) is 5.76. The molecule has 1 aromatic carbocycles. The fourth-order valence-electron chi connectivity index (χ4n) is 2.27. The van der Waals surface area contributed by atoms with Crippen LogP contribution < -0.4 is 4.74 Å². The van der Waals surface area contributed by atoms with Gasteiger partial charge in [-0.1, -0.05) is 28.8 Å². The van der Waals surface area contributed by atoms with Gasteiger partial charge in [-0.3, -0.25) is 4.79 Å². The van der Waals surface area contributed by atoms with Crippen LogP contribution in [0.15, 0.2) is 28.7 Å². The van der Waals surface area contributed by atoms with Crippen molar-refractivity contribution in [2.45, 2.75) is 32.1 Å². The Morgan fingerprint density at radius 2 is 1.74 bits per heavy atom. The Balaban J connectivity index is 1.72. The van der Waals surface area contributed by atoms with E-state index in [9.17, 15) is 4.79 Å². The SMILES string of the molecule is O=C(CCOc1ccc(Br)cc1)N1CCCCCC1. The predicted octanol–water partition coefficient (Wildman–Crippen LogP) is 3.62. The molecule has 1 aliphatic rings. The minimum atomic E-state index is 0.221. The summed E-state index contributed by atoms with van der Waals surface area (Å²) in [5.74, 6) is 1.03. The van der Waals surface area contributed by atoms with E-state index in [1.165, 1.54) is 12.8 Å². The van der Waals surface area contributed by atoms with Crippen molar-refractivity contribution in [3.8, 4) is 5.75 Å². The third-order valence-corrected chi connectivity index (χ3v) is 3.89. The summed E-state index contributed by atoms with van der Waals surface area (Å²) in [6, 6.07) is 7.68. The molecule has 1 fully saturated rings. The number of rotatable bonds is 4. The summed E-state index contributed by atoms with van der Waals surface area (Å²) in [5, 5.41) is 0. The lowest BCUT2D eigenvalue weighted by Crippen LogP contribution is -2.32. The fourth-order valence-corrected chi connectivity index (χ4v) is 2.53. The lowest BCUT2D eigenvalue weighted by Gasteiger charge is -2.20. The van der Waals surface area contributed by atoms with E-state index >= 15 is 0 Å². The van der Waals surface area contributed by atoms with E-state index in [0.717, 1.165) is 36.2 Å². The van der Waals surface area contributed by atoms with Crippen LogP contribution in [-0.4, -0.2) is 30.5 Å². The highest BCUT2D eigenvalue weighted by Gasteiger charge is 2.15. The summed E-state index contributed by atoms with van der Waals surface area (Å²) in [5.41, 5.74) is 0. The van der Waals surface area contributed by atoms with Gasteiger partial charge in [0.15, 0.2) is 0 Å². The molecule has 0 spiro atoms. The molecule has 2 rings (SSSR count). The topological polar surface area (TPSA) is 29.5 Å². The predicted molar refractivity (Wildman–Crippen MR) is 79.3 cm³/mol.